The van der Waals surface area contributed by atoms with Gasteiger partial charge in [-0.1, -0.05) is 13.3 Å². The van der Waals surface area contributed by atoms with Gasteiger partial charge in [-0.25, -0.2) is 0 Å². The van der Waals surface area contributed by atoms with Crippen molar-refractivity contribution in [1.82, 2.24) is 4.90 Å². The van der Waals surface area contributed by atoms with Crippen molar-refractivity contribution < 1.29 is 4.42 Å². The van der Waals surface area contributed by atoms with Crippen molar-refractivity contribution in [2.75, 3.05) is 19.3 Å². The van der Waals surface area contributed by atoms with Crippen LogP contribution < -0.4 is 0 Å². The highest BCUT2D eigenvalue weighted by molar-refractivity contribution is 7.80. The van der Waals surface area contributed by atoms with E-state index in [1.807, 2.05) is 12.1 Å². The molecule has 1 atom stereocenters. The van der Waals surface area contributed by atoms with Crippen LogP contribution in [0.3, 0.4) is 0 Å². The summed E-state index contributed by atoms with van der Waals surface area (Å²) in [4.78, 5) is 2.30. The minimum atomic E-state index is 0.693. The molecule has 0 N–H and O–H groups in total. The highest BCUT2D eigenvalue weighted by Gasteiger charge is 2.10. The maximum absolute atomic E-state index is 5.32. The van der Waals surface area contributed by atoms with Crippen LogP contribution in [0, 0.1) is 5.92 Å². The monoisotopic (exact) mass is 227 g/mol. The van der Waals surface area contributed by atoms with E-state index in [9.17, 15) is 0 Å². The molecule has 1 unspecified atom stereocenters. The van der Waals surface area contributed by atoms with Crippen LogP contribution in [0.5, 0.6) is 0 Å². The fourth-order valence-electron chi connectivity index (χ4n) is 1.82. The molecule has 0 amide bonds. The number of nitrogens with zero attached hydrogens (tertiary/aromatic N) is 1. The molecule has 0 aliphatic carbocycles. The molecule has 0 spiro atoms. The van der Waals surface area contributed by atoms with Crippen LogP contribution in [0.15, 0.2) is 22.8 Å². The first-order chi connectivity index (χ1) is 7.26. The van der Waals surface area contributed by atoms with E-state index in [1.165, 1.54) is 12.8 Å². The second kappa shape index (κ2) is 6.96. The van der Waals surface area contributed by atoms with Gasteiger partial charge in [0.2, 0.25) is 0 Å². The largest absolute Gasteiger partial charge is 0.468 e. The lowest BCUT2D eigenvalue weighted by molar-refractivity contribution is 0.253. The number of furan rings is 1. The van der Waals surface area contributed by atoms with E-state index in [0.717, 1.165) is 24.6 Å². The van der Waals surface area contributed by atoms with Gasteiger partial charge in [0.15, 0.2) is 0 Å². The molecule has 0 saturated heterocycles. The SMILES string of the molecule is CCCC(CS)CN(C)Cc1ccco1. The van der Waals surface area contributed by atoms with E-state index in [-0.39, 0.29) is 0 Å². The summed E-state index contributed by atoms with van der Waals surface area (Å²) in [6.07, 6.45) is 4.22. The van der Waals surface area contributed by atoms with Gasteiger partial charge in [-0.15, -0.1) is 0 Å². The maximum atomic E-state index is 5.32. The molecule has 1 heterocycles. The van der Waals surface area contributed by atoms with Crippen molar-refractivity contribution in [3.05, 3.63) is 24.2 Å². The highest BCUT2D eigenvalue weighted by Crippen LogP contribution is 2.12. The van der Waals surface area contributed by atoms with Crippen molar-refractivity contribution >= 4 is 12.6 Å². The molecule has 0 aromatic carbocycles. The second-order valence-electron chi connectivity index (χ2n) is 4.11. The fourth-order valence-corrected chi connectivity index (χ4v) is 2.12. The summed E-state index contributed by atoms with van der Waals surface area (Å²) in [5, 5.41) is 0. The first kappa shape index (κ1) is 12.7. The van der Waals surface area contributed by atoms with Crippen LogP contribution in [0.2, 0.25) is 0 Å². The molecule has 2 nitrogen and oxygen atoms in total. The summed E-state index contributed by atoms with van der Waals surface area (Å²) in [6, 6.07) is 3.96. The van der Waals surface area contributed by atoms with E-state index < -0.39 is 0 Å². The third-order valence-electron chi connectivity index (χ3n) is 2.53. The van der Waals surface area contributed by atoms with Gasteiger partial charge in [0.05, 0.1) is 12.8 Å². The molecule has 0 fully saturated rings. The lowest BCUT2D eigenvalue weighted by Gasteiger charge is -2.21. The van der Waals surface area contributed by atoms with Gasteiger partial charge in [-0.2, -0.15) is 12.6 Å². The summed E-state index contributed by atoms with van der Waals surface area (Å²) in [7, 11) is 2.13. The summed E-state index contributed by atoms with van der Waals surface area (Å²) >= 11 is 4.39. The van der Waals surface area contributed by atoms with Crippen molar-refractivity contribution in [2.45, 2.75) is 26.3 Å². The lowest BCUT2D eigenvalue weighted by Crippen LogP contribution is -2.26. The van der Waals surface area contributed by atoms with Crippen molar-refractivity contribution in [3.8, 4) is 0 Å². The zero-order valence-corrected chi connectivity index (χ0v) is 10.5. The van der Waals surface area contributed by atoms with Crippen molar-refractivity contribution in [2.24, 2.45) is 5.92 Å². The Morgan fingerprint density at radius 3 is 2.87 bits per heavy atom. The molecule has 0 radical (unpaired) electrons. The van der Waals surface area contributed by atoms with Gasteiger partial charge >= 0.3 is 0 Å². The smallest absolute Gasteiger partial charge is 0.117 e. The zero-order valence-electron chi connectivity index (χ0n) is 9.65. The van der Waals surface area contributed by atoms with Crippen LogP contribution in [0.4, 0.5) is 0 Å². The average molecular weight is 227 g/mol. The van der Waals surface area contributed by atoms with E-state index in [4.69, 9.17) is 4.42 Å². The maximum Gasteiger partial charge on any atom is 0.117 e. The molecule has 3 heteroatoms. The van der Waals surface area contributed by atoms with E-state index in [2.05, 4.69) is 31.5 Å². The third kappa shape index (κ3) is 4.76. The Hall–Kier alpha value is -0.410. The second-order valence-corrected chi connectivity index (χ2v) is 4.48. The van der Waals surface area contributed by atoms with Gasteiger partial charge in [-0.05, 0) is 37.3 Å². The highest BCUT2D eigenvalue weighted by atomic mass is 32.1. The van der Waals surface area contributed by atoms with E-state index in [1.54, 1.807) is 6.26 Å². The van der Waals surface area contributed by atoms with Crippen molar-refractivity contribution in [1.29, 1.82) is 0 Å². The van der Waals surface area contributed by atoms with Gasteiger partial charge in [0.1, 0.15) is 5.76 Å². The Balaban J connectivity index is 2.30. The molecule has 1 aromatic rings. The predicted molar refractivity (Wildman–Crippen MR) is 67.3 cm³/mol. The first-order valence-electron chi connectivity index (χ1n) is 5.58. The summed E-state index contributed by atoms with van der Waals surface area (Å²) in [5.74, 6) is 2.70. The number of thiol groups is 1. The number of hydrogen-bond donors (Lipinski definition) is 1. The summed E-state index contributed by atoms with van der Waals surface area (Å²) in [5.41, 5.74) is 0. The quantitative estimate of drug-likeness (QED) is 0.721. The zero-order chi connectivity index (χ0) is 11.1. The fraction of sp³-hybridized carbons (Fsp3) is 0.667. The number of hydrogen-bond acceptors (Lipinski definition) is 3. The Morgan fingerprint density at radius 2 is 2.33 bits per heavy atom. The van der Waals surface area contributed by atoms with Crippen LogP contribution in [-0.2, 0) is 6.54 Å². The van der Waals surface area contributed by atoms with Crippen LogP contribution in [0.1, 0.15) is 25.5 Å². The Bertz CT molecular complexity index is 248. The topological polar surface area (TPSA) is 16.4 Å². The molecule has 0 aliphatic heterocycles. The van der Waals surface area contributed by atoms with Crippen LogP contribution in [-0.4, -0.2) is 24.2 Å². The predicted octanol–water partition coefficient (Wildman–Crippen LogP) is 3.06. The average Bonchev–Trinajstić information content (AvgIpc) is 2.69. The van der Waals surface area contributed by atoms with Gasteiger partial charge < -0.3 is 4.42 Å². The Morgan fingerprint density at radius 1 is 1.53 bits per heavy atom. The molecular formula is C12H21NOS. The van der Waals surface area contributed by atoms with Gasteiger partial charge in [0, 0.05) is 6.54 Å². The molecule has 86 valence electrons. The number of rotatable bonds is 7. The van der Waals surface area contributed by atoms with Crippen LogP contribution >= 0.6 is 12.6 Å². The van der Waals surface area contributed by atoms with Crippen molar-refractivity contribution in [3.63, 3.8) is 0 Å². The van der Waals surface area contributed by atoms with E-state index >= 15 is 0 Å². The van der Waals surface area contributed by atoms with E-state index in [0.29, 0.717) is 5.92 Å². The van der Waals surface area contributed by atoms with Crippen LogP contribution in [0.25, 0.3) is 0 Å². The molecule has 15 heavy (non-hydrogen) atoms. The third-order valence-corrected chi connectivity index (χ3v) is 3.05. The minimum absolute atomic E-state index is 0.693. The molecule has 0 saturated carbocycles. The lowest BCUT2D eigenvalue weighted by atomic mass is 10.1. The molecule has 1 aromatic heterocycles. The minimum Gasteiger partial charge on any atom is -0.468 e. The molecule has 0 bridgehead atoms. The summed E-state index contributed by atoms with van der Waals surface area (Å²) in [6.45, 7) is 4.21. The Labute approximate surface area is 98.1 Å². The standard InChI is InChI=1S/C12H21NOS/c1-3-5-11(10-15)8-13(2)9-12-6-4-7-14-12/h4,6-7,11,15H,3,5,8-10H2,1-2H3. The molecule has 0 aliphatic rings. The normalized spacial score (nSPS) is 13.3. The van der Waals surface area contributed by atoms with Gasteiger partial charge in [0.25, 0.3) is 0 Å². The molecular weight excluding hydrogens is 206 g/mol. The Kier molecular flexibility index (Phi) is 5.88. The summed E-state index contributed by atoms with van der Waals surface area (Å²) < 4.78 is 5.32. The van der Waals surface area contributed by atoms with Gasteiger partial charge in [-0.3, -0.25) is 4.90 Å². The first-order valence-corrected chi connectivity index (χ1v) is 6.21. The molecule has 1 rings (SSSR count).